The summed E-state index contributed by atoms with van der Waals surface area (Å²) in [7, 11) is -10.4. The monoisotopic (exact) mass is 504 g/mol. The van der Waals surface area contributed by atoms with E-state index in [-0.39, 0.29) is 39.6 Å². The van der Waals surface area contributed by atoms with Crippen molar-refractivity contribution in [2.45, 2.75) is 12.0 Å². The van der Waals surface area contributed by atoms with Crippen LogP contribution in [-0.2, 0) is 9.13 Å². The van der Waals surface area contributed by atoms with Crippen LogP contribution in [0.3, 0.4) is 0 Å². The first-order chi connectivity index (χ1) is 14.2. The summed E-state index contributed by atoms with van der Waals surface area (Å²) in [6.07, 6.45) is 0. The second-order valence-corrected chi connectivity index (χ2v) is 10.4. The second-order valence-electron chi connectivity index (χ2n) is 6.08. The Bertz CT molecular complexity index is 430. The zero-order valence-corrected chi connectivity index (χ0v) is 19.3. The fourth-order valence-electron chi connectivity index (χ4n) is 1.69. The van der Waals surface area contributed by atoms with Crippen molar-refractivity contribution in [3.63, 3.8) is 0 Å². The number of nitrogens with zero attached hydrogens (tertiary/aromatic N) is 2. The molecule has 0 saturated heterocycles. The van der Waals surface area contributed by atoms with Crippen molar-refractivity contribution in [1.29, 1.82) is 0 Å². The molecule has 0 aromatic heterocycles. The fraction of sp³-hybridized carbons (Fsp3) is 1.00. The topological polar surface area (TPSA) is 263 Å². The third kappa shape index (κ3) is 18.1. The third-order valence-electron chi connectivity index (χ3n) is 3.60. The summed E-state index contributed by atoms with van der Waals surface area (Å²) in [4.78, 5) is 36.6. The van der Waals surface area contributed by atoms with E-state index >= 15 is 0 Å². The van der Waals surface area contributed by atoms with Gasteiger partial charge in [-0.1, -0.05) is 0 Å². The van der Waals surface area contributed by atoms with Crippen molar-refractivity contribution in [3.8, 4) is 0 Å². The van der Waals surface area contributed by atoms with E-state index in [0.717, 1.165) is 0 Å². The molecule has 17 heteroatoms. The highest BCUT2D eigenvalue weighted by Crippen LogP contribution is 2.66. The van der Waals surface area contributed by atoms with Gasteiger partial charge in [-0.05, 0) is 6.92 Å². The molecule has 0 heterocycles. The molecule has 0 aliphatic rings. The Labute approximate surface area is 181 Å². The zero-order chi connectivity index (χ0) is 25.1. The smallest absolute Gasteiger partial charge is 0.369 e. The average molecular weight is 504 g/mol. The van der Waals surface area contributed by atoms with Crippen molar-refractivity contribution in [3.05, 3.63) is 0 Å². The van der Waals surface area contributed by atoms with Crippen molar-refractivity contribution >= 4 is 15.2 Å². The van der Waals surface area contributed by atoms with Gasteiger partial charge in [-0.2, -0.15) is 0 Å². The van der Waals surface area contributed by atoms with Crippen molar-refractivity contribution in [2.75, 3.05) is 78.9 Å². The molecule has 0 aromatic rings. The summed E-state index contributed by atoms with van der Waals surface area (Å²) in [5.41, 5.74) is 0. The summed E-state index contributed by atoms with van der Waals surface area (Å²) in [6, 6.07) is 0. The number of hydrogen-bond acceptors (Lipinski definition) is 11. The first-order valence-electron chi connectivity index (χ1n) is 9.13. The van der Waals surface area contributed by atoms with E-state index < -0.39 is 20.3 Å². The van der Waals surface area contributed by atoms with E-state index in [2.05, 4.69) is 0 Å². The molecule has 11 N–H and O–H groups in total. The number of aliphatic hydroxyl groups is 7. The van der Waals surface area contributed by atoms with Crippen LogP contribution < -0.4 is 0 Å². The van der Waals surface area contributed by atoms with E-state index in [1.807, 2.05) is 0 Å². The lowest BCUT2D eigenvalue weighted by Gasteiger charge is -2.24. The van der Waals surface area contributed by atoms with Gasteiger partial charge in [-0.3, -0.25) is 18.9 Å². The molecule has 0 unspecified atom stereocenters. The minimum atomic E-state index is -5.20. The Hall–Kier alpha value is -0.0600. The molecule has 0 aliphatic heterocycles. The number of hydrogen-bond donors (Lipinski definition) is 11. The lowest BCUT2D eigenvalue weighted by atomic mass is 10.4. The summed E-state index contributed by atoms with van der Waals surface area (Å²) in [6.45, 7) is 3.89. The Balaban J connectivity index is -0.000000380. The molecule has 0 amide bonds. The highest BCUT2D eigenvalue weighted by molar-refractivity contribution is 7.71. The first-order valence-corrected chi connectivity index (χ1v) is 12.4. The highest BCUT2D eigenvalue weighted by Gasteiger charge is 2.55. The average Bonchev–Trinajstić information content (AvgIpc) is 2.62. The third-order valence-corrected chi connectivity index (χ3v) is 7.37. The molecule has 0 fully saturated rings. The largest absolute Gasteiger partial charge is 0.395 e. The molecule has 0 saturated carbocycles. The van der Waals surface area contributed by atoms with Crippen LogP contribution in [0, 0.1) is 0 Å². The van der Waals surface area contributed by atoms with Crippen LogP contribution >= 0.6 is 15.2 Å². The predicted octanol–water partition coefficient (Wildman–Crippen LogP) is -4.46. The molecule has 0 atom stereocenters. The lowest BCUT2D eigenvalue weighted by molar-refractivity contribution is 0.136. The maximum atomic E-state index is 10.3. The van der Waals surface area contributed by atoms with Crippen LogP contribution in [0.4, 0.5) is 0 Å². The predicted molar refractivity (Wildman–Crippen MR) is 110 cm³/mol. The van der Waals surface area contributed by atoms with Gasteiger partial charge in [0.1, 0.15) is 0 Å². The van der Waals surface area contributed by atoms with Gasteiger partial charge in [0, 0.05) is 39.3 Å². The standard InChI is InChI=1S/2C6H15NO3.C2H8O7P2/c2*8-4-1-7(2-5-9)3-6-10;1-2(3,10(4,5)6)11(7,8)9/h2*8-10H,1-6H2;3H,1H3,(H2,4,5,6)(H2,7,8,9). The van der Waals surface area contributed by atoms with Gasteiger partial charge >= 0.3 is 15.2 Å². The Morgan fingerprint density at radius 1 is 0.548 bits per heavy atom. The molecule has 0 rings (SSSR count). The molecule has 0 bridgehead atoms. The molecule has 31 heavy (non-hydrogen) atoms. The van der Waals surface area contributed by atoms with Gasteiger partial charge in [0.2, 0.25) is 0 Å². The normalized spacial score (nSPS) is 12.3. The highest BCUT2D eigenvalue weighted by atomic mass is 31.2. The summed E-state index contributed by atoms with van der Waals surface area (Å²) in [5.74, 6) is 0. The summed E-state index contributed by atoms with van der Waals surface area (Å²) >= 11 is 0. The van der Waals surface area contributed by atoms with Gasteiger partial charge < -0.3 is 55.3 Å². The van der Waals surface area contributed by atoms with Gasteiger partial charge in [-0.15, -0.1) is 0 Å². The quantitative estimate of drug-likeness (QED) is 0.0996. The summed E-state index contributed by atoms with van der Waals surface area (Å²) < 4.78 is 20.5. The first kappa shape index (κ1) is 35.5. The molecule has 15 nitrogen and oxygen atoms in total. The molecule has 192 valence electrons. The Kier molecular flexibility index (Phi) is 22.2. The van der Waals surface area contributed by atoms with Crippen LogP contribution in [0.1, 0.15) is 6.92 Å². The van der Waals surface area contributed by atoms with E-state index in [0.29, 0.717) is 46.2 Å². The van der Waals surface area contributed by atoms with Crippen LogP contribution in [0.15, 0.2) is 0 Å². The van der Waals surface area contributed by atoms with Crippen molar-refractivity contribution in [2.24, 2.45) is 0 Å². The Morgan fingerprint density at radius 2 is 0.710 bits per heavy atom. The SMILES string of the molecule is CC(O)(P(=O)(O)O)P(=O)(O)O.OCCN(CCO)CCO.OCCN(CCO)CCO. The van der Waals surface area contributed by atoms with Gasteiger partial charge in [-0.25, -0.2) is 0 Å². The zero-order valence-electron chi connectivity index (χ0n) is 17.5. The van der Waals surface area contributed by atoms with Gasteiger partial charge in [0.05, 0.1) is 39.6 Å². The van der Waals surface area contributed by atoms with E-state index in [1.54, 1.807) is 9.80 Å². The van der Waals surface area contributed by atoms with E-state index in [9.17, 15) is 9.13 Å². The summed E-state index contributed by atoms with van der Waals surface area (Å²) in [5, 5.41) is 56.3. The minimum absolute atomic E-state index is 0.0694. The van der Waals surface area contributed by atoms with E-state index in [1.165, 1.54) is 0 Å². The minimum Gasteiger partial charge on any atom is -0.395 e. The van der Waals surface area contributed by atoms with E-state index in [4.69, 9.17) is 55.3 Å². The molecule has 0 aliphatic carbocycles. The van der Waals surface area contributed by atoms with Crippen molar-refractivity contribution in [1.82, 2.24) is 9.80 Å². The molecule has 0 radical (unpaired) electrons. The van der Waals surface area contributed by atoms with Crippen LogP contribution in [0.25, 0.3) is 0 Å². The van der Waals surface area contributed by atoms with Crippen LogP contribution in [0.5, 0.6) is 0 Å². The molecule has 0 aromatic carbocycles. The van der Waals surface area contributed by atoms with Crippen LogP contribution in [-0.4, -0.2) is 149 Å². The number of aliphatic hydroxyl groups excluding tert-OH is 6. The molecular weight excluding hydrogens is 466 g/mol. The maximum Gasteiger partial charge on any atom is 0.369 e. The molecular formula is C14H38N2O13P2. The number of rotatable bonds is 14. The van der Waals surface area contributed by atoms with Crippen LogP contribution in [0.2, 0.25) is 0 Å². The fourth-order valence-corrected chi connectivity index (χ4v) is 3.05. The van der Waals surface area contributed by atoms with Gasteiger partial charge in [0.25, 0.3) is 5.08 Å². The van der Waals surface area contributed by atoms with Crippen molar-refractivity contribution < 1.29 is 64.4 Å². The van der Waals surface area contributed by atoms with Gasteiger partial charge in [0.15, 0.2) is 0 Å². The lowest BCUT2D eigenvalue weighted by Crippen LogP contribution is -2.32. The maximum absolute atomic E-state index is 10.3. The second kappa shape index (κ2) is 19.4. The Morgan fingerprint density at radius 3 is 0.774 bits per heavy atom. The molecule has 0 spiro atoms.